The molecule has 4 rings (SSSR count). The summed E-state index contributed by atoms with van der Waals surface area (Å²) in [5.74, 6) is -0.225. The average molecular weight is 345 g/mol. The highest BCUT2D eigenvalue weighted by Gasteiger charge is 2.11. The monoisotopic (exact) mass is 345 g/mol. The Bertz CT molecular complexity index is 1060. The van der Waals surface area contributed by atoms with Crippen LogP contribution in [-0.2, 0) is 0 Å². The van der Waals surface area contributed by atoms with Crippen molar-refractivity contribution in [3.8, 4) is 11.3 Å². The van der Waals surface area contributed by atoms with Gasteiger partial charge in [-0.15, -0.1) is 11.3 Å². The fourth-order valence-corrected chi connectivity index (χ4v) is 3.26. The minimum Gasteiger partial charge on any atom is -0.319 e. The SMILES string of the molecule is Cc1cccc(-c2ccc3cccc(NC(=O)c4cscn4)c3n2)c1. The van der Waals surface area contributed by atoms with Gasteiger partial charge in [0.15, 0.2) is 0 Å². The highest BCUT2D eigenvalue weighted by Crippen LogP contribution is 2.26. The fourth-order valence-electron chi connectivity index (χ4n) is 2.72. The van der Waals surface area contributed by atoms with E-state index in [2.05, 4.69) is 29.4 Å². The number of nitrogens with one attached hydrogen (secondary N) is 1. The first-order valence-electron chi connectivity index (χ1n) is 7.87. The van der Waals surface area contributed by atoms with Gasteiger partial charge in [-0.05, 0) is 25.1 Å². The maximum atomic E-state index is 12.3. The molecule has 0 bridgehead atoms. The van der Waals surface area contributed by atoms with Crippen LogP contribution < -0.4 is 5.32 Å². The molecule has 0 saturated heterocycles. The zero-order chi connectivity index (χ0) is 17.2. The summed E-state index contributed by atoms with van der Waals surface area (Å²) in [5, 5.41) is 5.63. The minimum atomic E-state index is -0.225. The zero-order valence-electron chi connectivity index (χ0n) is 13.6. The highest BCUT2D eigenvalue weighted by molar-refractivity contribution is 7.07. The van der Waals surface area contributed by atoms with Gasteiger partial charge in [-0.1, -0.05) is 42.0 Å². The molecule has 0 atom stereocenters. The van der Waals surface area contributed by atoms with E-state index in [9.17, 15) is 4.79 Å². The van der Waals surface area contributed by atoms with Crippen LogP contribution in [0.3, 0.4) is 0 Å². The first-order chi connectivity index (χ1) is 12.2. The van der Waals surface area contributed by atoms with Gasteiger partial charge in [-0.2, -0.15) is 0 Å². The van der Waals surface area contributed by atoms with Gasteiger partial charge >= 0.3 is 0 Å². The van der Waals surface area contributed by atoms with Crippen LogP contribution in [0.4, 0.5) is 5.69 Å². The lowest BCUT2D eigenvalue weighted by atomic mass is 10.1. The second kappa shape index (κ2) is 6.45. The molecule has 2 aromatic heterocycles. The predicted molar refractivity (Wildman–Crippen MR) is 102 cm³/mol. The zero-order valence-corrected chi connectivity index (χ0v) is 14.4. The minimum absolute atomic E-state index is 0.225. The molecule has 0 aliphatic carbocycles. The first-order valence-corrected chi connectivity index (χ1v) is 8.81. The Morgan fingerprint density at radius 1 is 1.08 bits per heavy atom. The van der Waals surface area contributed by atoms with Crippen molar-refractivity contribution in [2.75, 3.05) is 5.32 Å². The quantitative estimate of drug-likeness (QED) is 0.573. The Morgan fingerprint density at radius 3 is 2.76 bits per heavy atom. The van der Waals surface area contributed by atoms with Crippen molar-refractivity contribution in [3.05, 3.63) is 76.7 Å². The van der Waals surface area contributed by atoms with Gasteiger partial charge < -0.3 is 5.32 Å². The number of benzene rings is 2. The van der Waals surface area contributed by atoms with Crippen molar-refractivity contribution in [2.45, 2.75) is 6.92 Å². The van der Waals surface area contributed by atoms with E-state index >= 15 is 0 Å². The molecule has 0 unspecified atom stereocenters. The molecule has 122 valence electrons. The third-order valence-electron chi connectivity index (χ3n) is 3.95. The van der Waals surface area contributed by atoms with Gasteiger partial charge in [0.1, 0.15) is 5.69 Å². The summed E-state index contributed by atoms with van der Waals surface area (Å²) in [7, 11) is 0. The number of anilines is 1. The van der Waals surface area contributed by atoms with Gasteiger partial charge in [-0.25, -0.2) is 9.97 Å². The molecule has 2 heterocycles. The Kier molecular flexibility index (Phi) is 3.99. The molecule has 1 amide bonds. The summed E-state index contributed by atoms with van der Waals surface area (Å²) in [6, 6.07) is 18.0. The number of nitrogens with zero attached hydrogens (tertiary/aromatic N) is 2. The van der Waals surface area contributed by atoms with Gasteiger partial charge in [0.25, 0.3) is 5.91 Å². The number of hydrogen-bond donors (Lipinski definition) is 1. The van der Waals surface area contributed by atoms with Crippen molar-refractivity contribution in [2.24, 2.45) is 0 Å². The lowest BCUT2D eigenvalue weighted by Gasteiger charge is -2.09. The van der Waals surface area contributed by atoms with Gasteiger partial charge in [0.05, 0.1) is 22.4 Å². The summed E-state index contributed by atoms with van der Waals surface area (Å²) in [5.41, 5.74) is 6.64. The van der Waals surface area contributed by atoms with Crippen LogP contribution in [0, 0.1) is 6.92 Å². The molecule has 2 aromatic carbocycles. The standard InChI is InChI=1S/C20H15N3OS/c1-13-4-2-6-15(10-13)16-9-8-14-5-3-7-17(19(14)22-16)23-20(24)18-11-25-12-21-18/h2-12H,1H3,(H,23,24). The molecule has 0 aliphatic rings. The molecular formula is C20H15N3OS. The summed E-state index contributed by atoms with van der Waals surface area (Å²) in [6.07, 6.45) is 0. The van der Waals surface area contributed by atoms with Crippen molar-refractivity contribution in [1.82, 2.24) is 9.97 Å². The Balaban J connectivity index is 1.77. The van der Waals surface area contributed by atoms with E-state index in [1.165, 1.54) is 16.9 Å². The van der Waals surface area contributed by atoms with E-state index in [1.54, 1.807) is 10.9 Å². The normalized spacial score (nSPS) is 10.8. The average Bonchev–Trinajstić information content (AvgIpc) is 3.16. The van der Waals surface area contributed by atoms with E-state index in [0.29, 0.717) is 11.4 Å². The van der Waals surface area contributed by atoms with Crippen LogP contribution in [0.2, 0.25) is 0 Å². The second-order valence-electron chi connectivity index (χ2n) is 5.77. The number of pyridine rings is 1. The lowest BCUT2D eigenvalue weighted by molar-refractivity contribution is 0.102. The van der Waals surface area contributed by atoms with E-state index in [4.69, 9.17) is 4.98 Å². The molecule has 0 aliphatic heterocycles. The van der Waals surface area contributed by atoms with E-state index < -0.39 is 0 Å². The van der Waals surface area contributed by atoms with Crippen molar-refractivity contribution >= 4 is 33.8 Å². The number of thiazole rings is 1. The molecule has 25 heavy (non-hydrogen) atoms. The van der Waals surface area contributed by atoms with Crippen LogP contribution in [-0.4, -0.2) is 15.9 Å². The molecule has 0 saturated carbocycles. The molecule has 0 fully saturated rings. The van der Waals surface area contributed by atoms with Crippen molar-refractivity contribution in [1.29, 1.82) is 0 Å². The number of amides is 1. The maximum absolute atomic E-state index is 12.3. The summed E-state index contributed by atoms with van der Waals surface area (Å²) >= 11 is 1.40. The smallest absolute Gasteiger partial charge is 0.275 e. The molecular weight excluding hydrogens is 330 g/mol. The topological polar surface area (TPSA) is 54.9 Å². The van der Waals surface area contributed by atoms with Gasteiger partial charge in [0.2, 0.25) is 0 Å². The fraction of sp³-hybridized carbons (Fsp3) is 0.0500. The molecule has 0 radical (unpaired) electrons. The number of para-hydroxylation sites is 1. The maximum Gasteiger partial charge on any atom is 0.275 e. The van der Waals surface area contributed by atoms with Gasteiger partial charge in [0, 0.05) is 16.3 Å². The van der Waals surface area contributed by atoms with Crippen LogP contribution in [0.25, 0.3) is 22.2 Å². The van der Waals surface area contributed by atoms with Crippen LogP contribution in [0.5, 0.6) is 0 Å². The van der Waals surface area contributed by atoms with Crippen LogP contribution in [0.1, 0.15) is 16.1 Å². The van der Waals surface area contributed by atoms with Crippen LogP contribution in [0.15, 0.2) is 65.5 Å². The van der Waals surface area contributed by atoms with Crippen molar-refractivity contribution in [3.63, 3.8) is 0 Å². The van der Waals surface area contributed by atoms with Gasteiger partial charge in [-0.3, -0.25) is 4.79 Å². The Labute approximate surface area is 149 Å². The summed E-state index contributed by atoms with van der Waals surface area (Å²) in [6.45, 7) is 2.06. The predicted octanol–water partition coefficient (Wildman–Crippen LogP) is 4.92. The van der Waals surface area contributed by atoms with E-state index in [0.717, 1.165) is 22.2 Å². The van der Waals surface area contributed by atoms with Crippen molar-refractivity contribution < 1.29 is 4.79 Å². The summed E-state index contributed by atoms with van der Waals surface area (Å²) < 4.78 is 0. The first kappa shape index (κ1) is 15.5. The number of rotatable bonds is 3. The summed E-state index contributed by atoms with van der Waals surface area (Å²) in [4.78, 5) is 21.2. The van der Waals surface area contributed by atoms with E-state index in [-0.39, 0.29) is 5.91 Å². The number of hydrogen-bond acceptors (Lipinski definition) is 4. The molecule has 0 spiro atoms. The molecule has 4 nitrogen and oxygen atoms in total. The number of carbonyl (C=O) groups excluding carboxylic acids is 1. The third-order valence-corrected chi connectivity index (χ3v) is 4.53. The molecule has 5 heteroatoms. The molecule has 1 N–H and O–H groups in total. The number of fused-ring (bicyclic) bond motifs is 1. The second-order valence-corrected chi connectivity index (χ2v) is 6.49. The third kappa shape index (κ3) is 3.14. The largest absolute Gasteiger partial charge is 0.319 e. The number of carbonyl (C=O) groups is 1. The lowest BCUT2D eigenvalue weighted by Crippen LogP contribution is -2.12. The molecule has 4 aromatic rings. The Morgan fingerprint density at radius 2 is 1.96 bits per heavy atom. The van der Waals surface area contributed by atoms with Crippen LogP contribution >= 0.6 is 11.3 Å². The number of aromatic nitrogens is 2. The highest BCUT2D eigenvalue weighted by atomic mass is 32.1. The van der Waals surface area contributed by atoms with E-state index in [1.807, 2.05) is 42.5 Å². The Hall–Kier alpha value is -3.05. The number of aryl methyl sites for hydroxylation is 1.